The molecule has 178 valence electrons. The third-order valence-corrected chi connectivity index (χ3v) is 7.88. The van der Waals surface area contributed by atoms with Crippen LogP contribution in [0.1, 0.15) is 38.7 Å². The minimum atomic E-state index is -3.70. The molecule has 4 aromatic carbocycles. The molecule has 0 fully saturated rings. The van der Waals surface area contributed by atoms with Crippen molar-refractivity contribution in [3.8, 4) is 0 Å². The van der Waals surface area contributed by atoms with E-state index in [1.54, 1.807) is 48.5 Å². The van der Waals surface area contributed by atoms with E-state index < -0.39 is 10.0 Å². The zero-order valence-corrected chi connectivity index (χ0v) is 20.8. The van der Waals surface area contributed by atoms with Gasteiger partial charge in [-0.3, -0.25) is 9.10 Å². The predicted molar refractivity (Wildman–Crippen MR) is 140 cm³/mol. The zero-order valence-electron chi connectivity index (χ0n) is 20.0. The van der Waals surface area contributed by atoms with Crippen LogP contribution in [0.4, 0.5) is 5.69 Å². The Labute approximate surface area is 207 Å². The molecule has 0 saturated carbocycles. The van der Waals surface area contributed by atoms with E-state index in [1.165, 1.54) is 11.4 Å². The first kappa shape index (κ1) is 24.2. The molecule has 0 spiro atoms. The van der Waals surface area contributed by atoms with Crippen LogP contribution in [-0.4, -0.2) is 21.4 Å². The Morgan fingerprint density at radius 2 is 1.37 bits per heavy atom. The number of nitrogens with zero attached hydrogens (tertiary/aromatic N) is 1. The molecule has 5 nitrogen and oxygen atoms in total. The molecule has 4 rings (SSSR count). The first-order chi connectivity index (χ1) is 16.8. The lowest BCUT2D eigenvalue weighted by Gasteiger charge is -2.22. The fraction of sp³-hybridized carbons (Fsp3) is 0.138. The Balaban J connectivity index is 1.57. The summed E-state index contributed by atoms with van der Waals surface area (Å²) in [6, 6.07) is 30.8. The number of nitrogens with one attached hydrogen (secondary N) is 1. The summed E-state index contributed by atoms with van der Waals surface area (Å²) in [5.74, 6) is -0.238. The van der Waals surface area contributed by atoms with Crippen LogP contribution in [0, 0.1) is 13.8 Å². The van der Waals surface area contributed by atoms with Crippen LogP contribution in [0.2, 0.25) is 0 Å². The summed E-state index contributed by atoms with van der Waals surface area (Å²) in [4.78, 5) is 13.4. The molecule has 0 saturated heterocycles. The first-order valence-electron chi connectivity index (χ1n) is 11.3. The van der Waals surface area contributed by atoms with Crippen LogP contribution in [0.25, 0.3) is 0 Å². The molecule has 1 amide bonds. The summed E-state index contributed by atoms with van der Waals surface area (Å²) in [7, 11) is -2.20. The molecule has 1 N–H and O–H groups in total. The van der Waals surface area contributed by atoms with Crippen molar-refractivity contribution >= 4 is 21.6 Å². The number of carbonyl (C=O) groups is 1. The standard InChI is InChI=1S/C29H28N2O3S/c1-21-13-19-26(20-14-21)35(33,34)31(3)25-17-15-24(16-18-25)29(32)30-28(23-10-5-4-6-11-23)27-12-8-7-9-22(27)2/h4-20,28H,1-3H3,(H,30,32)/t28-/m1/s1. The number of hydrogen-bond acceptors (Lipinski definition) is 3. The minimum absolute atomic E-state index is 0.219. The second kappa shape index (κ2) is 10.2. The number of sulfonamides is 1. The van der Waals surface area contributed by atoms with Crippen molar-refractivity contribution in [1.29, 1.82) is 0 Å². The van der Waals surface area contributed by atoms with Crippen molar-refractivity contribution in [3.63, 3.8) is 0 Å². The Hall–Kier alpha value is -3.90. The topological polar surface area (TPSA) is 66.5 Å². The van der Waals surface area contributed by atoms with Gasteiger partial charge in [-0.15, -0.1) is 0 Å². The van der Waals surface area contributed by atoms with E-state index in [0.29, 0.717) is 11.3 Å². The van der Waals surface area contributed by atoms with Gasteiger partial charge < -0.3 is 5.32 Å². The fourth-order valence-electron chi connectivity index (χ4n) is 3.94. The molecular weight excluding hydrogens is 456 g/mol. The Morgan fingerprint density at radius 3 is 2.00 bits per heavy atom. The maximum atomic E-state index is 13.2. The molecule has 0 aliphatic carbocycles. The molecule has 0 aliphatic rings. The molecule has 1 atom stereocenters. The SMILES string of the molecule is Cc1ccc(S(=O)(=O)N(C)c2ccc(C(=O)N[C@H](c3ccccc3)c3ccccc3C)cc2)cc1. The lowest BCUT2D eigenvalue weighted by Crippen LogP contribution is -2.30. The summed E-state index contributed by atoms with van der Waals surface area (Å²) < 4.78 is 27.2. The van der Waals surface area contributed by atoms with E-state index in [9.17, 15) is 13.2 Å². The monoisotopic (exact) mass is 484 g/mol. The van der Waals surface area contributed by atoms with Crippen LogP contribution in [-0.2, 0) is 10.0 Å². The maximum Gasteiger partial charge on any atom is 0.264 e. The highest BCUT2D eigenvalue weighted by atomic mass is 32.2. The van der Waals surface area contributed by atoms with Crippen LogP contribution in [0.3, 0.4) is 0 Å². The number of amides is 1. The number of anilines is 1. The quantitative estimate of drug-likeness (QED) is 0.369. The highest BCUT2D eigenvalue weighted by Crippen LogP contribution is 2.26. The number of hydrogen-bond donors (Lipinski definition) is 1. The normalized spacial score (nSPS) is 12.1. The lowest BCUT2D eigenvalue weighted by molar-refractivity contribution is 0.0943. The van der Waals surface area contributed by atoms with Crippen LogP contribution in [0.15, 0.2) is 108 Å². The number of rotatable bonds is 7. The summed E-state index contributed by atoms with van der Waals surface area (Å²) in [6.07, 6.45) is 0. The number of aryl methyl sites for hydroxylation is 2. The van der Waals surface area contributed by atoms with Crippen molar-refractivity contribution in [2.24, 2.45) is 0 Å². The van der Waals surface area contributed by atoms with Crippen molar-refractivity contribution in [2.75, 3.05) is 11.4 Å². The van der Waals surface area contributed by atoms with Crippen molar-refractivity contribution in [2.45, 2.75) is 24.8 Å². The molecule has 0 aromatic heterocycles. The molecule has 0 radical (unpaired) electrons. The second-order valence-electron chi connectivity index (χ2n) is 8.51. The first-order valence-corrected chi connectivity index (χ1v) is 12.8. The van der Waals surface area contributed by atoms with Crippen LogP contribution < -0.4 is 9.62 Å². The van der Waals surface area contributed by atoms with Crippen LogP contribution in [0.5, 0.6) is 0 Å². The fourth-order valence-corrected chi connectivity index (χ4v) is 5.14. The van der Waals surface area contributed by atoms with Gasteiger partial charge in [0.2, 0.25) is 0 Å². The summed E-state index contributed by atoms with van der Waals surface area (Å²) in [5, 5.41) is 3.15. The molecule has 6 heteroatoms. The van der Waals surface area contributed by atoms with Crippen molar-refractivity contribution in [3.05, 3.63) is 131 Å². The average molecular weight is 485 g/mol. The van der Waals surface area contributed by atoms with Gasteiger partial charge in [0, 0.05) is 12.6 Å². The van der Waals surface area contributed by atoms with E-state index in [1.807, 2.05) is 68.4 Å². The van der Waals surface area contributed by atoms with Gasteiger partial charge in [-0.2, -0.15) is 0 Å². The maximum absolute atomic E-state index is 13.2. The van der Waals surface area contributed by atoms with Gasteiger partial charge in [-0.05, 0) is 66.9 Å². The molecular formula is C29H28N2O3S. The molecule has 35 heavy (non-hydrogen) atoms. The summed E-state index contributed by atoms with van der Waals surface area (Å²) in [6.45, 7) is 3.93. The van der Waals surface area contributed by atoms with Gasteiger partial charge in [-0.25, -0.2) is 8.42 Å². The van der Waals surface area contributed by atoms with E-state index in [2.05, 4.69) is 5.32 Å². The zero-order chi connectivity index (χ0) is 25.0. The summed E-state index contributed by atoms with van der Waals surface area (Å²) >= 11 is 0. The Kier molecular flexibility index (Phi) is 7.03. The Morgan fingerprint density at radius 1 is 0.771 bits per heavy atom. The van der Waals surface area contributed by atoms with Crippen molar-refractivity contribution in [1.82, 2.24) is 5.32 Å². The smallest absolute Gasteiger partial charge is 0.264 e. The molecule has 0 aliphatic heterocycles. The Bertz CT molecular complexity index is 1420. The predicted octanol–water partition coefficient (Wildman–Crippen LogP) is 5.65. The minimum Gasteiger partial charge on any atom is -0.341 e. The third kappa shape index (κ3) is 5.28. The van der Waals surface area contributed by atoms with Gasteiger partial charge >= 0.3 is 0 Å². The summed E-state index contributed by atoms with van der Waals surface area (Å²) in [5.41, 5.74) is 5.00. The second-order valence-corrected chi connectivity index (χ2v) is 10.5. The third-order valence-electron chi connectivity index (χ3n) is 6.08. The highest BCUT2D eigenvalue weighted by molar-refractivity contribution is 7.92. The highest BCUT2D eigenvalue weighted by Gasteiger charge is 2.22. The van der Waals surface area contributed by atoms with Gasteiger partial charge in [0.05, 0.1) is 16.6 Å². The number of benzene rings is 4. The van der Waals surface area contributed by atoms with Gasteiger partial charge in [-0.1, -0.05) is 72.3 Å². The number of carbonyl (C=O) groups excluding carboxylic acids is 1. The molecule has 0 heterocycles. The van der Waals surface area contributed by atoms with Gasteiger partial charge in [0.15, 0.2) is 0 Å². The van der Waals surface area contributed by atoms with Crippen molar-refractivity contribution < 1.29 is 13.2 Å². The van der Waals surface area contributed by atoms with E-state index in [-0.39, 0.29) is 16.8 Å². The van der Waals surface area contributed by atoms with Crippen LogP contribution >= 0.6 is 0 Å². The van der Waals surface area contributed by atoms with E-state index >= 15 is 0 Å². The average Bonchev–Trinajstić information content (AvgIpc) is 2.88. The van der Waals surface area contributed by atoms with E-state index in [0.717, 1.165) is 22.3 Å². The van der Waals surface area contributed by atoms with Gasteiger partial charge in [0.25, 0.3) is 15.9 Å². The lowest BCUT2D eigenvalue weighted by atomic mass is 9.94. The van der Waals surface area contributed by atoms with E-state index in [4.69, 9.17) is 0 Å². The molecule has 0 unspecified atom stereocenters. The molecule has 0 bridgehead atoms. The molecule has 4 aromatic rings. The largest absolute Gasteiger partial charge is 0.341 e. The van der Waals surface area contributed by atoms with Gasteiger partial charge in [0.1, 0.15) is 0 Å².